The predicted octanol–water partition coefficient (Wildman–Crippen LogP) is 3.22. The van der Waals surface area contributed by atoms with Crippen LogP contribution < -0.4 is 11.4 Å². The van der Waals surface area contributed by atoms with Crippen LogP contribution in [-0.4, -0.2) is 10.8 Å². The first kappa shape index (κ1) is 13.9. The Hall–Kier alpha value is -3.08. The van der Waals surface area contributed by atoms with Crippen molar-refractivity contribution >= 4 is 28.1 Å². The van der Waals surface area contributed by atoms with Crippen molar-refractivity contribution in [3.8, 4) is 5.75 Å². The molecule has 5 nitrogen and oxygen atoms in total. The summed E-state index contributed by atoms with van der Waals surface area (Å²) in [5.41, 5.74) is 7.73. The van der Waals surface area contributed by atoms with Crippen molar-refractivity contribution in [3.63, 3.8) is 0 Å². The molecule has 0 amide bonds. The standard InChI is InChI=1S/C17H14N2O3/c1-10(19-13-5-3-2-4-12(13)18)16-14(20)8-6-11-7-9-15(21)22-17(11)16/h2-9,20H,18H2,1H3. The molecule has 1 heterocycles. The molecule has 0 saturated heterocycles. The largest absolute Gasteiger partial charge is 0.507 e. The monoisotopic (exact) mass is 294 g/mol. The number of phenolic OH excluding ortho intramolecular Hbond substituents is 1. The first-order valence-electron chi connectivity index (χ1n) is 6.72. The van der Waals surface area contributed by atoms with Crippen LogP contribution in [0.15, 0.2) is 62.7 Å². The molecule has 0 fully saturated rings. The fraction of sp³-hybridized carbons (Fsp3) is 0.0588. The molecule has 0 saturated carbocycles. The van der Waals surface area contributed by atoms with E-state index in [1.165, 1.54) is 6.07 Å². The topological polar surface area (TPSA) is 88.8 Å². The van der Waals surface area contributed by atoms with Crippen LogP contribution in [0.25, 0.3) is 11.0 Å². The predicted molar refractivity (Wildman–Crippen MR) is 86.9 cm³/mol. The summed E-state index contributed by atoms with van der Waals surface area (Å²) in [6.07, 6.45) is 0. The molecule has 0 unspecified atom stereocenters. The van der Waals surface area contributed by atoms with Gasteiger partial charge < -0.3 is 15.3 Å². The Bertz CT molecular complexity index is 942. The van der Waals surface area contributed by atoms with Crippen LogP contribution in [0.5, 0.6) is 5.75 Å². The quantitative estimate of drug-likeness (QED) is 0.431. The summed E-state index contributed by atoms with van der Waals surface area (Å²) in [6, 6.07) is 13.4. The van der Waals surface area contributed by atoms with E-state index < -0.39 is 5.63 Å². The summed E-state index contributed by atoms with van der Waals surface area (Å²) < 4.78 is 5.24. The fourth-order valence-corrected chi connectivity index (χ4v) is 2.30. The maximum absolute atomic E-state index is 11.5. The molecule has 0 bridgehead atoms. The Labute approximate surface area is 126 Å². The first-order valence-corrected chi connectivity index (χ1v) is 6.72. The van der Waals surface area contributed by atoms with E-state index in [9.17, 15) is 9.90 Å². The first-order chi connectivity index (χ1) is 10.6. The van der Waals surface area contributed by atoms with E-state index in [2.05, 4.69) is 4.99 Å². The highest BCUT2D eigenvalue weighted by Crippen LogP contribution is 2.29. The number of fused-ring (bicyclic) bond motifs is 1. The van der Waals surface area contributed by atoms with Crippen molar-refractivity contribution in [3.05, 3.63) is 64.5 Å². The number of rotatable bonds is 2. The third-order valence-electron chi connectivity index (χ3n) is 3.35. The van der Waals surface area contributed by atoms with Gasteiger partial charge >= 0.3 is 5.63 Å². The number of nitrogens with two attached hydrogens (primary N) is 1. The molecule has 0 atom stereocenters. The zero-order valence-corrected chi connectivity index (χ0v) is 11.9. The Morgan fingerprint density at radius 3 is 2.64 bits per heavy atom. The van der Waals surface area contributed by atoms with E-state index in [4.69, 9.17) is 10.2 Å². The maximum atomic E-state index is 11.5. The number of anilines is 1. The molecule has 5 heteroatoms. The summed E-state index contributed by atoms with van der Waals surface area (Å²) in [5, 5.41) is 10.9. The third kappa shape index (κ3) is 2.44. The van der Waals surface area contributed by atoms with E-state index in [1.54, 1.807) is 37.3 Å². The van der Waals surface area contributed by atoms with Crippen LogP contribution in [0.2, 0.25) is 0 Å². The minimum absolute atomic E-state index is 0.00222. The molecule has 0 aliphatic heterocycles. The van der Waals surface area contributed by atoms with Gasteiger partial charge in [0.25, 0.3) is 0 Å². The summed E-state index contributed by atoms with van der Waals surface area (Å²) in [6.45, 7) is 1.73. The number of phenols is 1. The summed E-state index contributed by atoms with van der Waals surface area (Å²) in [5.74, 6) is -0.00222. The molecule has 0 radical (unpaired) electrons. The van der Waals surface area contributed by atoms with Crippen LogP contribution in [-0.2, 0) is 0 Å². The van der Waals surface area contributed by atoms with Gasteiger partial charge in [-0.3, -0.25) is 4.99 Å². The molecule has 3 aromatic rings. The zero-order valence-electron chi connectivity index (χ0n) is 11.9. The van der Waals surface area contributed by atoms with E-state index in [0.717, 1.165) is 0 Å². The van der Waals surface area contributed by atoms with Gasteiger partial charge in [0, 0.05) is 11.5 Å². The highest BCUT2D eigenvalue weighted by molar-refractivity contribution is 6.11. The van der Waals surface area contributed by atoms with Crippen LogP contribution >= 0.6 is 0 Å². The minimum Gasteiger partial charge on any atom is -0.507 e. The van der Waals surface area contributed by atoms with Gasteiger partial charge in [-0.25, -0.2) is 4.79 Å². The number of nitrogen functional groups attached to an aromatic ring is 1. The van der Waals surface area contributed by atoms with Crippen LogP contribution in [0.1, 0.15) is 12.5 Å². The highest BCUT2D eigenvalue weighted by Gasteiger charge is 2.13. The van der Waals surface area contributed by atoms with Crippen molar-refractivity contribution in [1.82, 2.24) is 0 Å². The van der Waals surface area contributed by atoms with Crippen molar-refractivity contribution in [2.24, 2.45) is 4.99 Å². The average molecular weight is 294 g/mol. The molecule has 0 aliphatic rings. The van der Waals surface area contributed by atoms with E-state index in [1.807, 2.05) is 12.1 Å². The lowest BCUT2D eigenvalue weighted by Crippen LogP contribution is -2.01. The summed E-state index contributed by atoms with van der Waals surface area (Å²) >= 11 is 0. The van der Waals surface area contributed by atoms with Gasteiger partial charge in [0.2, 0.25) is 0 Å². The lowest BCUT2D eigenvalue weighted by Gasteiger charge is -2.08. The summed E-state index contributed by atoms with van der Waals surface area (Å²) in [4.78, 5) is 15.9. The van der Waals surface area contributed by atoms with Gasteiger partial charge in [0.15, 0.2) is 5.58 Å². The van der Waals surface area contributed by atoms with Crippen molar-refractivity contribution in [2.75, 3.05) is 5.73 Å². The van der Waals surface area contributed by atoms with Crippen molar-refractivity contribution in [1.29, 1.82) is 0 Å². The molecule has 1 aromatic heterocycles. The number of aromatic hydroxyl groups is 1. The third-order valence-corrected chi connectivity index (χ3v) is 3.35. The minimum atomic E-state index is -0.480. The number of hydrogen-bond acceptors (Lipinski definition) is 5. The Balaban J connectivity index is 2.25. The molecule has 3 N–H and O–H groups in total. The normalized spacial score (nSPS) is 11.8. The van der Waals surface area contributed by atoms with Crippen molar-refractivity contribution in [2.45, 2.75) is 6.92 Å². The molecule has 3 rings (SSSR count). The Kier molecular flexibility index (Phi) is 3.39. The number of nitrogens with zero attached hydrogens (tertiary/aromatic N) is 1. The smallest absolute Gasteiger partial charge is 0.336 e. The molecule has 0 spiro atoms. The van der Waals surface area contributed by atoms with Gasteiger partial charge in [0.05, 0.1) is 22.6 Å². The maximum Gasteiger partial charge on any atom is 0.336 e. The fourth-order valence-electron chi connectivity index (χ4n) is 2.30. The van der Waals surface area contributed by atoms with Crippen LogP contribution in [0.3, 0.4) is 0 Å². The Morgan fingerprint density at radius 2 is 1.86 bits per heavy atom. The number of hydrogen-bond donors (Lipinski definition) is 2. The molecule has 110 valence electrons. The second kappa shape index (κ2) is 5.37. The van der Waals surface area contributed by atoms with Gasteiger partial charge in [-0.1, -0.05) is 12.1 Å². The van der Waals surface area contributed by atoms with Gasteiger partial charge in [-0.05, 0) is 37.3 Å². The average Bonchev–Trinajstić information content (AvgIpc) is 2.49. The number of para-hydroxylation sites is 2. The van der Waals surface area contributed by atoms with Crippen molar-refractivity contribution < 1.29 is 9.52 Å². The lowest BCUT2D eigenvalue weighted by molar-refractivity contribution is 0.472. The van der Waals surface area contributed by atoms with Crippen LogP contribution in [0, 0.1) is 0 Å². The van der Waals surface area contributed by atoms with Gasteiger partial charge in [-0.15, -0.1) is 0 Å². The zero-order chi connectivity index (χ0) is 15.7. The second-order valence-corrected chi connectivity index (χ2v) is 4.89. The van der Waals surface area contributed by atoms with Crippen LogP contribution in [0.4, 0.5) is 11.4 Å². The molecule has 22 heavy (non-hydrogen) atoms. The summed E-state index contributed by atoms with van der Waals surface area (Å²) in [7, 11) is 0. The number of benzene rings is 2. The lowest BCUT2D eigenvalue weighted by atomic mass is 10.1. The van der Waals surface area contributed by atoms with Gasteiger partial charge in [-0.2, -0.15) is 0 Å². The SMILES string of the molecule is CC(=Nc1ccccc1N)c1c(O)ccc2ccc(=O)oc12. The molecular formula is C17H14N2O3. The van der Waals surface area contributed by atoms with Gasteiger partial charge in [0.1, 0.15) is 5.75 Å². The van der Waals surface area contributed by atoms with E-state index >= 15 is 0 Å². The van der Waals surface area contributed by atoms with E-state index in [-0.39, 0.29) is 5.75 Å². The van der Waals surface area contributed by atoms with E-state index in [0.29, 0.717) is 33.6 Å². The molecule has 0 aliphatic carbocycles. The number of aliphatic imine (C=N–C) groups is 1. The molecule has 2 aromatic carbocycles. The Morgan fingerprint density at radius 1 is 1.14 bits per heavy atom. The second-order valence-electron chi connectivity index (χ2n) is 4.89. The highest BCUT2D eigenvalue weighted by atomic mass is 16.4. The molecular weight excluding hydrogens is 280 g/mol.